The van der Waals surface area contributed by atoms with Crippen LogP contribution in [0, 0.1) is 16.7 Å². The van der Waals surface area contributed by atoms with Crippen molar-refractivity contribution >= 4 is 5.91 Å². The minimum Gasteiger partial charge on any atom is -0.343 e. The number of rotatable bonds is 4. The Hall–Kier alpha value is -0.570. The van der Waals surface area contributed by atoms with Gasteiger partial charge >= 0.3 is 0 Å². The molecule has 2 saturated carbocycles. The third kappa shape index (κ3) is 2.49. The van der Waals surface area contributed by atoms with Gasteiger partial charge in [-0.3, -0.25) is 4.79 Å². The number of carbonyl (C=O) groups excluding carboxylic acids is 1. The molecule has 1 amide bonds. The number of nitrogens with zero attached hydrogens (tertiary/aromatic N) is 1. The SMILES string of the molecule is CCNC1CCC(N(C)C(=O)C2C(C)(C)C2(C)C)CC1. The van der Waals surface area contributed by atoms with Crippen LogP contribution in [0.4, 0.5) is 0 Å². The molecule has 0 bridgehead atoms. The molecule has 0 saturated heterocycles. The average molecular weight is 280 g/mol. The predicted octanol–water partition coefficient (Wildman–Crippen LogP) is 3.05. The van der Waals surface area contributed by atoms with E-state index in [1.54, 1.807) is 0 Å². The zero-order chi connectivity index (χ0) is 15.1. The number of hydrogen-bond donors (Lipinski definition) is 1. The molecule has 0 spiro atoms. The van der Waals surface area contributed by atoms with Crippen LogP contribution in [0.25, 0.3) is 0 Å². The van der Waals surface area contributed by atoms with E-state index in [0.29, 0.717) is 18.0 Å². The second-order valence-corrected chi connectivity index (χ2v) is 7.89. The largest absolute Gasteiger partial charge is 0.343 e. The highest BCUT2D eigenvalue weighted by Crippen LogP contribution is 2.68. The minimum absolute atomic E-state index is 0.152. The van der Waals surface area contributed by atoms with Crippen molar-refractivity contribution in [1.29, 1.82) is 0 Å². The quantitative estimate of drug-likeness (QED) is 0.858. The molecule has 0 radical (unpaired) electrons. The zero-order valence-corrected chi connectivity index (χ0v) is 14.1. The highest BCUT2D eigenvalue weighted by molar-refractivity contribution is 5.84. The van der Waals surface area contributed by atoms with Gasteiger partial charge < -0.3 is 10.2 Å². The lowest BCUT2D eigenvalue weighted by Crippen LogP contribution is -2.44. The fraction of sp³-hybridized carbons (Fsp3) is 0.941. The molecule has 0 heterocycles. The highest BCUT2D eigenvalue weighted by Gasteiger charge is 2.68. The molecule has 2 fully saturated rings. The van der Waals surface area contributed by atoms with Gasteiger partial charge in [-0.25, -0.2) is 0 Å². The Bertz CT molecular complexity index is 353. The summed E-state index contributed by atoms with van der Waals surface area (Å²) in [7, 11) is 2.02. The normalized spacial score (nSPS) is 31.9. The van der Waals surface area contributed by atoms with Gasteiger partial charge in [0.25, 0.3) is 0 Å². The Morgan fingerprint density at radius 1 is 1.10 bits per heavy atom. The summed E-state index contributed by atoms with van der Waals surface area (Å²) in [6, 6.07) is 1.11. The van der Waals surface area contributed by atoms with Gasteiger partial charge in [-0.2, -0.15) is 0 Å². The Kier molecular flexibility index (Phi) is 4.21. The van der Waals surface area contributed by atoms with Crippen molar-refractivity contribution in [3.05, 3.63) is 0 Å². The molecule has 3 heteroatoms. The van der Waals surface area contributed by atoms with Crippen LogP contribution in [0.5, 0.6) is 0 Å². The van der Waals surface area contributed by atoms with E-state index < -0.39 is 0 Å². The highest BCUT2D eigenvalue weighted by atomic mass is 16.2. The van der Waals surface area contributed by atoms with Crippen molar-refractivity contribution in [3.63, 3.8) is 0 Å². The Balaban J connectivity index is 1.90. The van der Waals surface area contributed by atoms with Crippen molar-refractivity contribution in [2.45, 2.75) is 72.4 Å². The van der Waals surface area contributed by atoms with Crippen molar-refractivity contribution in [2.24, 2.45) is 16.7 Å². The molecular formula is C17H32N2O. The first kappa shape index (κ1) is 15.8. The molecule has 0 aromatic carbocycles. The number of hydrogen-bond acceptors (Lipinski definition) is 2. The average Bonchev–Trinajstić information content (AvgIpc) is 2.79. The van der Waals surface area contributed by atoms with Crippen molar-refractivity contribution in [2.75, 3.05) is 13.6 Å². The first-order valence-corrected chi connectivity index (χ1v) is 8.23. The smallest absolute Gasteiger partial charge is 0.226 e. The summed E-state index contributed by atoms with van der Waals surface area (Å²) in [4.78, 5) is 14.8. The van der Waals surface area contributed by atoms with Crippen LogP contribution in [0.3, 0.4) is 0 Å². The van der Waals surface area contributed by atoms with Crippen LogP contribution in [0.1, 0.15) is 60.3 Å². The summed E-state index contributed by atoms with van der Waals surface area (Å²) in [6.45, 7) is 12.1. The van der Waals surface area contributed by atoms with Gasteiger partial charge in [0.05, 0.1) is 0 Å². The molecule has 3 nitrogen and oxygen atoms in total. The Labute approximate surface area is 124 Å². The lowest BCUT2D eigenvalue weighted by Gasteiger charge is -2.35. The third-order valence-corrected chi connectivity index (χ3v) is 6.35. The minimum atomic E-state index is 0.152. The van der Waals surface area contributed by atoms with Gasteiger partial charge in [-0.05, 0) is 43.1 Å². The zero-order valence-electron chi connectivity index (χ0n) is 14.1. The van der Waals surface area contributed by atoms with Crippen LogP contribution in [-0.2, 0) is 4.79 Å². The Morgan fingerprint density at radius 3 is 2.00 bits per heavy atom. The van der Waals surface area contributed by atoms with Gasteiger partial charge in [0.1, 0.15) is 0 Å². The van der Waals surface area contributed by atoms with E-state index in [0.717, 1.165) is 19.4 Å². The summed E-state index contributed by atoms with van der Waals surface area (Å²) >= 11 is 0. The maximum absolute atomic E-state index is 12.8. The van der Waals surface area contributed by atoms with Crippen molar-refractivity contribution < 1.29 is 4.79 Å². The summed E-state index contributed by atoms with van der Waals surface area (Å²) in [5.41, 5.74) is 0.304. The van der Waals surface area contributed by atoms with Crippen LogP contribution in [0.15, 0.2) is 0 Å². The molecule has 1 N–H and O–H groups in total. The molecule has 116 valence electrons. The van der Waals surface area contributed by atoms with Gasteiger partial charge in [-0.15, -0.1) is 0 Å². The van der Waals surface area contributed by atoms with E-state index in [2.05, 4.69) is 44.8 Å². The molecule has 20 heavy (non-hydrogen) atoms. The van der Waals surface area contributed by atoms with Crippen LogP contribution in [-0.4, -0.2) is 36.5 Å². The second-order valence-electron chi connectivity index (χ2n) is 7.89. The van der Waals surface area contributed by atoms with Gasteiger partial charge in [0, 0.05) is 25.0 Å². The molecule has 0 unspecified atom stereocenters. The Morgan fingerprint density at radius 2 is 1.60 bits per heavy atom. The number of amides is 1. The van der Waals surface area contributed by atoms with E-state index in [1.165, 1.54) is 12.8 Å². The van der Waals surface area contributed by atoms with Crippen LogP contribution < -0.4 is 5.32 Å². The van der Waals surface area contributed by atoms with E-state index in [4.69, 9.17) is 0 Å². The topological polar surface area (TPSA) is 32.3 Å². The molecule has 0 aromatic rings. The van der Waals surface area contributed by atoms with Crippen LogP contribution >= 0.6 is 0 Å². The summed E-state index contributed by atoms with van der Waals surface area (Å²) in [5, 5.41) is 3.53. The first-order valence-electron chi connectivity index (χ1n) is 8.23. The van der Waals surface area contributed by atoms with E-state index in [1.807, 2.05) is 7.05 Å². The molecule has 2 rings (SSSR count). The molecule has 2 aliphatic rings. The predicted molar refractivity (Wildman–Crippen MR) is 83.5 cm³/mol. The molecule has 0 aromatic heterocycles. The molecule has 0 aliphatic heterocycles. The van der Waals surface area contributed by atoms with E-state index in [9.17, 15) is 4.79 Å². The lowest BCUT2D eigenvalue weighted by molar-refractivity contribution is -0.135. The first-order chi connectivity index (χ1) is 9.23. The van der Waals surface area contributed by atoms with Gasteiger partial charge in [0.2, 0.25) is 5.91 Å². The monoisotopic (exact) mass is 280 g/mol. The number of nitrogens with one attached hydrogen (secondary N) is 1. The van der Waals surface area contributed by atoms with Crippen molar-refractivity contribution in [3.8, 4) is 0 Å². The fourth-order valence-corrected chi connectivity index (χ4v) is 4.15. The molecule has 2 aliphatic carbocycles. The van der Waals surface area contributed by atoms with Crippen LogP contribution in [0.2, 0.25) is 0 Å². The molecule has 0 atom stereocenters. The molecular weight excluding hydrogens is 248 g/mol. The maximum atomic E-state index is 12.8. The summed E-state index contributed by atoms with van der Waals surface area (Å²) in [5.74, 6) is 0.568. The summed E-state index contributed by atoms with van der Waals surface area (Å²) in [6.07, 6.45) is 4.70. The number of carbonyl (C=O) groups is 1. The fourth-order valence-electron chi connectivity index (χ4n) is 4.15. The van der Waals surface area contributed by atoms with Crippen molar-refractivity contribution in [1.82, 2.24) is 10.2 Å². The van der Waals surface area contributed by atoms with E-state index >= 15 is 0 Å². The van der Waals surface area contributed by atoms with Gasteiger partial charge in [-0.1, -0.05) is 34.6 Å². The lowest BCUT2D eigenvalue weighted by atomic mass is 9.90. The summed E-state index contributed by atoms with van der Waals surface area (Å²) < 4.78 is 0. The maximum Gasteiger partial charge on any atom is 0.226 e. The van der Waals surface area contributed by atoms with E-state index in [-0.39, 0.29) is 16.7 Å². The van der Waals surface area contributed by atoms with Gasteiger partial charge in [0.15, 0.2) is 0 Å². The standard InChI is InChI=1S/C17H32N2O/c1-7-18-12-8-10-13(11-9-12)19(6)15(20)14-16(2,3)17(14,4)5/h12-14,18H,7-11H2,1-6H3. The second kappa shape index (κ2) is 5.32. The third-order valence-electron chi connectivity index (χ3n) is 6.35.